The summed E-state index contributed by atoms with van der Waals surface area (Å²) >= 11 is 0. The van der Waals surface area contributed by atoms with Gasteiger partial charge in [-0.3, -0.25) is 4.90 Å². The molecule has 0 saturated carbocycles. The zero-order valence-electron chi connectivity index (χ0n) is 29.7. The third kappa shape index (κ3) is 44.0. The molecular formula is C38H81NO4. The van der Waals surface area contributed by atoms with E-state index >= 15 is 0 Å². The van der Waals surface area contributed by atoms with E-state index in [1.165, 1.54) is 180 Å². The van der Waals surface area contributed by atoms with E-state index in [4.69, 9.17) is 20.1 Å². The fourth-order valence-electron chi connectivity index (χ4n) is 5.66. The number of ether oxygens (including phenoxy) is 1. The first-order valence-electron chi connectivity index (χ1n) is 19.4. The summed E-state index contributed by atoms with van der Waals surface area (Å²) in [6.45, 7) is 8.35. The number of nitrogens with zero attached hydrogens (tertiary/aromatic N) is 1. The van der Waals surface area contributed by atoms with Crippen molar-refractivity contribution in [3.8, 4) is 0 Å². The Hall–Kier alpha value is -0.200. The molecule has 0 fully saturated rings. The van der Waals surface area contributed by atoms with Gasteiger partial charge in [-0.1, -0.05) is 181 Å². The van der Waals surface area contributed by atoms with Gasteiger partial charge in [0.25, 0.3) is 0 Å². The predicted molar refractivity (Wildman–Crippen MR) is 189 cm³/mol. The van der Waals surface area contributed by atoms with Gasteiger partial charge in [0.1, 0.15) is 0 Å². The van der Waals surface area contributed by atoms with Crippen LogP contribution in [0.3, 0.4) is 0 Å². The molecule has 0 unspecified atom stereocenters. The molecule has 0 amide bonds. The van der Waals surface area contributed by atoms with Crippen LogP contribution in [0.1, 0.15) is 194 Å². The highest BCUT2D eigenvalue weighted by Gasteiger charge is 2.00. The Morgan fingerprint density at radius 1 is 0.326 bits per heavy atom. The Balaban J connectivity index is 0. The lowest BCUT2D eigenvalue weighted by Gasteiger charge is -2.17. The lowest BCUT2D eigenvalue weighted by atomic mass is 10.0. The molecule has 0 heterocycles. The van der Waals surface area contributed by atoms with Gasteiger partial charge in [-0.2, -0.15) is 0 Å². The van der Waals surface area contributed by atoms with Crippen LogP contribution in [0.2, 0.25) is 0 Å². The summed E-state index contributed by atoms with van der Waals surface area (Å²) in [5.74, 6) is 0. The molecule has 0 radical (unpaired) electrons. The van der Waals surface area contributed by atoms with E-state index in [1.807, 2.05) is 0 Å². The standard InChI is InChI=1S/C32H66O.C6H15NO3/c1-3-5-7-9-11-13-15-17-19-21-23-25-27-29-31-33-32-30-28-26-24-22-20-18-16-14-12-10-8-6-4-2;8-4-1-7(2-5-9)3-6-10/h3-32H2,1-2H3;8-10H,1-6H2. The summed E-state index contributed by atoms with van der Waals surface area (Å²) < 4.78 is 5.85. The normalized spacial score (nSPS) is 11.3. The summed E-state index contributed by atoms with van der Waals surface area (Å²) in [5, 5.41) is 25.5. The Labute approximate surface area is 271 Å². The Bertz CT molecular complexity index is 407. The maximum absolute atomic E-state index is 8.48. The number of aliphatic hydroxyl groups is 3. The van der Waals surface area contributed by atoms with Crippen molar-refractivity contribution >= 4 is 0 Å². The second kappa shape index (κ2) is 43.9. The molecule has 5 heteroatoms. The van der Waals surface area contributed by atoms with Crippen LogP contribution in [0.25, 0.3) is 0 Å². The number of aliphatic hydroxyl groups excluding tert-OH is 3. The third-order valence-electron chi connectivity index (χ3n) is 8.53. The summed E-state index contributed by atoms with van der Waals surface area (Å²) in [4.78, 5) is 1.79. The van der Waals surface area contributed by atoms with Gasteiger partial charge in [0.2, 0.25) is 0 Å². The zero-order valence-corrected chi connectivity index (χ0v) is 29.7. The van der Waals surface area contributed by atoms with Gasteiger partial charge in [-0.25, -0.2) is 0 Å². The van der Waals surface area contributed by atoms with Gasteiger partial charge in [0, 0.05) is 32.8 Å². The first-order chi connectivity index (χ1) is 21.3. The fourth-order valence-corrected chi connectivity index (χ4v) is 5.66. The fraction of sp³-hybridized carbons (Fsp3) is 1.00. The quantitative estimate of drug-likeness (QED) is 0.0612. The number of hydrogen-bond donors (Lipinski definition) is 3. The van der Waals surface area contributed by atoms with Gasteiger partial charge < -0.3 is 20.1 Å². The molecule has 0 spiro atoms. The molecule has 0 aromatic rings. The smallest absolute Gasteiger partial charge is 0.0558 e. The van der Waals surface area contributed by atoms with E-state index in [0.29, 0.717) is 19.6 Å². The second-order valence-electron chi connectivity index (χ2n) is 12.8. The van der Waals surface area contributed by atoms with Crippen LogP contribution in [-0.4, -0.2) is 72.9 Å². The van der Waals surface area contributed by atoms with Crippen LogP contribution in [0, 0.1) is 0 Å². The highest BCUT2D eigenvalue weighted by atomic mass is 16.5. The zero-order chi connectivity index (χ0) is 31.7. The molecule has 262 valence electrons. The van der Waals surface area contributed by atoms with Gasteiger partial charge in [0.15, 0.2) is 0 Å². The van der Waals surface area contributed by atoms with E-state index in [9.17, 15) is 0 Å². The topological polar surface area (TPSA) is 73.2 Å². The predicted octanol–water partition coefficient (Wildman–Crippen LogP) is 10.2. The minimum Gasteiger partial charge on any atom is -0.395 e. The molecule has 5 nitrogen and oxygen atoms in total. The van der Waals surface area contributed by atoms with Gasteiger partial charge >= 0.3 is 0 Å². The molecule has 0 aliphatic rings. The lowest BCUT2D eigenvalue weighted by Crippen LogP contribution is -2.32. The Morgan fingerprint density at radius 3 is 0.744 bits per heavy atom. The van der Waals surface area contributed by atoms with Crippen molar-refractivity contribution < 1.29 is 20.1 Å². The van der Waals surface area contributed by atoms with E-state index in [0.717, 1.165) is 13.2 Å². The van der Waals surface area contributed by atoms with Crippen LogP contribution in [0.15, 0.2) is 0 Å². The van der Waals surface area contributed by atoms with E-state index in [-0.39, 0.29) is 19.8 Å². The molecule has 0 rings (SSSR count). The SMILES string of the molecule is CCCCCCCCCCCCCCCCOCCCCCCCCCCCCCCCC.OCCN(CCO)CCO. The molecule has 0 bridgehead atoms. The first kappa shape index (κ1) is 44.9. The molecule has 3 N–H and O–H groups in total. The minimum absolute atomic E-state index is 0.0694. The van der Waals surface area contributed by atoms with E-state index in [2.05, 4.69) is 13.8 Å². The van der Waals surface area contributed by atoms with E-state index in [1.54, 1.807) is 4.90 Å². The van der Waals surface area contributed by atoms with Crippen LogP contribution >= 0.6 is 0 Å². The summed E-state index contributed by atoms with van der Waals surface area (Å²) in [5.41, 5.74) is 0. The van der Waals surface area contributed by atoms with Crippen LogP contribution < -0.4 is 0 Å². The maximum atomic E-state index is 8.48. The molecule has 0 aromatic carbocycles. The van der Waals surface area contributed by atoms with Crippen LogP contribution in [0.5, 0.6) is 0 Å². The minimum atomic E-state index is 0.0694. The molecule has 0 aromatic heterocycles. The average molecular weight is 616 g/mol. The summed E-state index contributed by atoms with van der Waals surface area (Å²) in [6.07, 6.45) is 40.1. The molecule has 0 aliphatic heterocycles. The summed E-state index contributed by atoms with van der Waals surface area (Å²) in [7, 11) is 0. The van der Waals surface area contributed by atoms with Crippen LogP contribution in [-0.2, 0) is 4.74 Å². The van der Waals surface area contributed by atoms with Crippen molar-refractivity contribution in [2.45, 2.75) is 194 Å². The second-order valence-corrected chi connectivity index (χ2v) is 12.8. The number of unbranched alkanes of at least 4 members (excludes halogenated alkanes) is 26. The van der Waals surface area contributed by atoms with Crippen molar-refractivity contribution in [1.29, 1.82) is 0 Å². The highest BCUT2D eigenvalue weighted by molar-refractivity contribution is 4.54. The van der Waals surface area contributed by atoms with Crippen molar-refractivity contribution in [3.63, 3.8) is 0 Å². The molecule has 0 atom stereocenters. The van der Waals surface area contributed by atoms with Crippen molar-refractivity contribution in [3.05, 3.63) is 0 Å². The average Bonchev–Trinajstić information content (AvgIpc) is 3.01. The highest BCUT2D eigenvalue weighted by Crippen LogP contribution is 2.14. The number of hydrogen-bond acceptors (Lipinski definition) is 5. The first-order valence-corrected chi connectivity index (χ1v) is 19.4. The molecule has 0 aliphatic carbocycles. The largest absolute Gasteiger partial charge is 0.395 e. The third-order valence-corrected chi connectivity index (χ3v) is 8.53. The molecule has 0 saturated heterocycles. The van der Waals surface area contributed by atoms with Crippen molar-refractivity contribution in [1.82, 2.24) is 4.90 Å². The monoisotopic (exact) mass is 616 g/mol. The molecular weight excluding hydrogens is 534 g/mol. The maximum Gasteiger partial charge on any atom is 0.0558 e. The van der Waals surface area contributed by atoms with E-state index < -0.39 is 0 Å². The van der Waals surface area contributed by atoms with Crippen molar-refractivity contribution in [2.75, 3.05) is 52.7 Å². The lowest BCUT2D eigenvalue weighted by molar-refractivity contribution is 0.125. The van der Waals surface area contributed by atoms with Gasteiger partial charge in [0.05, 0.1) is 19.8 Å². The van der Waals surface area contributed by atoms with Gasteiger partial charge in [-0.05, 0) is 12.8 Å². The number of rotatable bonds is 36. The van der Waals surface area contributed by atoms with Crippen LogP contribution in [0.4, 0.5) is 0 Å². The summed E-state index contributed by atoms with van der Waals surface area (Å²) in [6, 6.07) is 0. The Morgan fingerprint density at radius 2 is 0.535 bits per heavy atom. The van der Waals surface area contributed by atoms with Crippen molar-refractivity contribution in [2.24, 2.45) is 0 Å². The molecule has 43 heavy (non-hydrogen) atoms. The Kier molecular flexibility index (Phi) is 45.9. The van der Waals surface area contributed by atoms with Gasteiger partial charge in [-0.15, -0.1) is 0 Å².